The third kappa shape index (κ3) is 2.26. The molecule has 1 aromatic carbocycles. The fourth-order valence-electron chi connectivity index (χ4n) is 3.08. The van der Waals surface area contributed by atoms with Gasteiger partial charge in [-0.2, -0.15) is 0 Å². The van der Waals surface area contributed by atoms with Gasteiger partial charge in [0.1, 0.15) is 10.5 Å². The van der Waals surface area contributed by atoms with E-state index in [0.717, 1.165) is 16.1 Å². The lowest BCUT2D eigenvalue weighted by Crippen LogP contribution is -2.52. The molecule has 1 saturated heterocycles. The van der Waals surface area contributed by atoms with E-state index in [4.69, 9.17) is 0 Å². The van der Waals surface area contributed by atoms with Gasteiger partial charge in [0, 0.05) is 29.2 Å². The number of aromatic nitrogens is 1. The highest BCUT2D eigenvalue weighted by atomic mass is 32.1. The standard InChI is InChI=1S/C16H14N4O3S/c1-16(14(22)18-15(23)19-16)8-20-7-10-6-9(12-17-4-5-24-12)2-3-11(10)13(20)21/h2-6H,7-8H2,1H3,(H2,18,19,22,23). The van der Waals surface area contributed by atoms with E-state index in [0.29, 0.717) is 12.1 Å². The van der Waals surface area contributed by atoms with E-state index in [-0.39, 0.29) is 12.5 Å². The number of rotatable bonds is 3. The smallest absolute Gasteiger partial charge is 0.322 e. The zero-order valence-corrected chi connectivity index (χ0v) is 13.6. The molecule has 122 valence electrons. The fourth-order valence-corrected chi connectivity index (χ4v) is 3.72. The monoisotopic (exact) mass is 342 g/mol. The van der Waals surface area contributed by atoms with Gasteiger partial charge in [-0.1, -0.05) is 6.07 Å². The van der Waals surface area contributed by atoms with Crippen LogP contribution in [0.25, 0.3) is 10.6 Å². The van der Waals surface area contributed by atoms with Crippen LogP contribution >= 0.6 is 11.3 Å². The maximum atomic E-state index is 12.6. The zero-order chi connectivity index (χ0) is 16.9. The Kier molecular flexibility index (Phi) is 3.17. The third-order valence-electron chi connectivity index (χ3n) is 4.29. The number of hydrogen-bond acceptors (Lipinski definition) is 5. The quantitative estimate of drug-likeness (QED) is 0.824. The summed E-state index contributed by atoms with van der Waals surface area (Å²) in [6.45, 7) is 2.15. The number of fused-ring (bicyclic) bond motifs is 1. The van der Waals surface area contributed by atoms with Crippen LogP contribution in [0.5, 0.6) is 0 Å². The van der Waals surface area contributed by atoms with Crippen LogP contribution in [0.3, 0.4) is 0 Å². The second-order valence-electron chi connectivity index (χ2n) is 6.11. The van der Waals surface area contributed by atoms with Crippen LogP contribution < -0.4 is 10.6 Å². The minimum Gasteiger partial charge on any atom is -0.331 e. The predicted octanol–water partition coefficient (Wildman–Crippen LogP) is 1.36. The molecule has 2 aromatic rings. The summed E-state index contributed by atoms with van der Waals surface area (Å²) in [5.41, 5.74) is 1.40. The third-order valence-corrected chi connectivity index (χ3v) is 5.11. The average molecular weight is 342 g/mol. The van der Waals surface area contributed by atoms with Gasteiger partial charge in [-0.05, 0) is 24.6 Å². The first-order valence-corrected chi connectivity index (χ1v) is 8.30. The van der Waals surface area contributed by atoms with E-state index in [1.54, 1.807) is 24.1 Å². The lowest BCUT2D eigenvalue weighted by atomic mass is 10.0. The first-order valence-electron chi connectivity index (χ1n) is 7.42. The van der Waals surface area contributed by atoms with Gasteiger partial charge >= 0.3 is 6.03 Å². The number of benzene rings is 1. The van der Waals surface area contributed by atoms with Crippen molar-refractivity contribution in [3.63, 3.8) is 0 Å². The van der Waals surface area contributed by atoms with Gasteiger partial charge in [-0.25, -0.2) is 9.78 Å². The van der Waals surface area contributed by atoms with E-state index >= 15 is 0 Å². The largest absolute Gasteiger partial charge is 0.331 e. The Labute approximate surface area is 141 Å². The Morgan fingerprint density at radius 1 is 1.33 bits per heavy atom. The fraction of sp³-hybridized carbons (Fsp3) is 0.250. The summed E-state index contributed by atoms with van der Waals surface area (Å²) in [4.78, 5) is 41.8. The lowest BCUT2D eigenvalue weighted by molar-refractivity contribution is -0.123. The van der Waals surface area contributed by atoms with Crippen LogP contribution in [-0.4, -0.2) is 39.8 Å². The van der Waals surface area contributed by atoms with Gasteiger partial charge in [0.05, 0.1) is 6.54 Å². The molecular formula is C16H14N4O3S. The van der Waals surface area contributed by atoms with Crippen LogP contribution in [0.15, 0.2) is 29.8 Å². The summed E-state index contributed by atoms with van der Waals surface area (Å²) in [6.07, 6.45) is 1.74. The molecule has 2 aliphatic heterocycles. The van der Waals surface area contributed by atoms with Crippen LogP contribution in [-0.2, 0) is 11.3 Å². The van der Waals surface area contributed by atoms with Crippen molar-refractivity contribution in [3.8, 4) is 10.6 Å². The number of imide groups is 1. The number of thiazole rings is 1. The van der Waals surface area contributed by atoms with Crippen molar-refractivity contribution in [1.82, 2.24) is 20.5 Å². The number of amides is 4. The Morgan fingerprint density at radius 3 is 2.83 bits per heavy atom. The van der Waals surface area contributed by atoms with Crippen molar-refractivity contribution >= 4 is 29.2 Å². The van der Waals surface area contributed by atoms with Gasteiger partial charge in [0.2, 0.25) is 0 Å². The first-order chi connectivity index (χ1) is 11.5. The second-order valence-corrected chi connectivity index (χ2v) is 7.01. The number of carbonyl (C=O) groups is 3. The molecule has 4 rings (SSSR count). The molecule has 1 fully saturated rings. The molecule has 2 N–H and O–H groups in total. The van der Waals surface area contributed by atoms with Crippen molar-refractivity contribution in [2.24, 2.45) is 0 Å². The van der Waals surface area contributed by atoms with Gasteiger partial charge < -0.3 is 10.2 Å². The van der Waals surface area contributed by atoms with Crippen molar-refractivity contribution in [2.45, 2.75) is 19.0 Å². The maximum Gasteiger partial charge on any atom is 0.322 e. The number of carbonyl (C=O) groups excluding carboxylic acids is 3. The maximum absolute atomic E-state index is 12.6. The number of hydrogen-bond donors (Lipinski definition) is 2. The molecule has 4 amide bonds. The van der Waals surface area contributed by atoms with Gasteiger partial charge in [0.25, 0.3) is 11.8 Å². The van der Waals surface area contributed by atoms with E-state index in [1.807, 2.05) is 17.5 Å². The topological polar surface area (TPSA) is 91.4 Å². The molecule has 7 nitrogen and oxygen atoms in total. The van der Waals surface area contributed by atoms with Crippen LogP contribution in [0.4, 0.5) is 4.79 Å². The SMILES string of the molecule is CC1(CN2Cc3cc(-c4nccs4)ccc3C2=O)NC(=O)NC1=O. The summed E-state index contributed by atoms with van der Waals surface area (Å²) in [5.74, 6) is -0.550. The first kappa shape index (κ1) is 14.8. The van der Waals surface area contributed by atoms with Crippen molar-refractivity contribution < 1.29 is 14.4 Å². The highest BCUT2D eigenvalue weighted by Gasteiger charge is 2.45. The molecule has 0 spiro atoms. The van der Waals surface area contributed by atoms with E-state index in [9.17, 15) is 14.4 Å². The molecule has 0 bridgehead atoms. The molecule has 1 unspecified atom stereocenters. The summed E-state index contributed by atoms with van der Waals surface area (Å²) in [7, 11) is 0. The normalized spacial score (nSPS) is 22.5. The van der Waals surface area contributed by atoms with E-state index < -0.39 is 17.5 Å². The van der Waals surface area contributed by atoms with Gasteiger partial charge in [-0.15, -0.1) is 11.3 Å². The van der Waals surface area contributed by atoms with E-state index in [2.05, 4.69) is 15.6 Å². The summed E-state index contributed by atoms with van der Waals surface area (Å²) in [5, 5.41) is 7.60. The van der Waals surface area contributed by atoms with Crippen LogP contribution in [0.1, 0.15) is 22.8 Å². The minimum atomic E-state index is -1.10. The van der Waals surface area contributed by atoms with Crippen molar-refractivity contribution in [2.75, 3.05) is 6.54 Å². The van der Waals surface area contributed by atoms with Crippen LogP contribution in [0, 0.1) is 0 Å². The molecule has 0 radical (unpaired) electrons. The molecular weight excluding hydrogens is 328 g/mol. The Morgan fingerprint density at radius 2 is 2.17 bits per heavy atom. The molecule has 2 aliphatic rings. The predicted molar refractivity (Wildman–Crippen MR) is 87.4 cm³/mol. The Bertz CT molecular complexity index is 864. The molecule has 0 saturated carbocycles. The van der Waals surface area contributed by atoms with Crippen molar-refractivity contribution in [3.05, 3.63) is 40.9 Å². The van der Waals surface area contributed by atoms with Gasteiger partial charge in [-0.3, -0.25) is 14.9 Å². The number of urea groups is 1. The van der Waals surface area contributed by atoms with Gasteiger partial charge in [0.15, 0.2) is 0 Å². The Balaban J connectivity index is 1.59. The minimum absolute atomic E-state index is 0.130. The zero-order valence-electron chi connectivity index (χ0n) is 12.8. The van der Waals surface area contributed by atoms with Crippen LogP contribution in [0.2, 0.25) is 0 Å². The average Bonchev–Trinajstić information content (AvgIpc) is 3.21. The van der Waals surface area contributed by atoms with Crippen molar-refractivity contribution in [1.29, 1.82) is 0 Å². The summed E-state index contributed by atoms with van der Waals surface area (Å²) in [6, 6.07) is 5.11. The molecule has 24 heavy (non-hydrogen) atoms. The molecule has 8 heteroatoms. The number of nitrogens with one attached hydrogen (secondary N) is 2. The molecule has 1 atom stereocenters. The molecule has 1 aromatic heterocycles. The Hall–Kier alpha value is -2.74. The molecule has 3 heterocycles. The lowest BCUT2D eigenvalue weighted by Gasteiger charge is -2.26. The highest BCUT2D eigenvalue weighted by Crippen LogP contribution is 2.30. The number of nitrogens with zero attached hydrogens (tertiary/aromatic N) is 2. The summed E-state index contributed by atoms with van der Waals surface area (Å²) >= 11 is 1.54. The second kappa shape index (κ2) is 5.13. The van der Waals surface area contributed by atoms with E-state index in [1.165, 1.54) is 11.3 Å². The molecule has 0 aliphatic carbocycles. The summed E-state index contributed by atoms with van der Waals surface area (Å²) < 4.78 is 0. The highest BCUT2D eigenvalue weighted by molar-refractivity contribution is 7.13.